The molecule has 2 rings (SSSR count). The molecule has 0 aliphatic rings. The first kappa shape index (κ1) is 14.5. The predicted molar refractivity (Wildman–Crippen MR) is 79.9 cm³/mol. The molecule has 0 radical (unpaired) electrons. The zero-order valence-electron chi connectivity index (χ0n) is 11.4. The monoisotopic (exact) mass is 327 g/mol. The summed E-state index contributed by atoms with van der Waals surface area (Å²) in [5.41, 5.74) is 1.83. The van der Waals surface area contributed by atoms with E-state index in [1.54, 1.807) is 0 Å². The second kappa shape index (κ2) is 6.53. The molecule has 2 aromatic rings. The van der Waals surface area contributed by atoms with E-state index in [4.69, 9.17) is 4.42 Å². The summed E-state index contributed by atoms with van der Waals surface area (Å²) in [6, 6.07) is 3.28. The molecule has 1 heterocycles. The van der Waals surface area contributed by atoms with Crippen LogP contribution in [0.5, 0.6) is 0 Å². The van der Waals surface area contributed by atoms with Crippen LogP contribution in [0.4, 0.5) is 4.39 Å². The first-order chi connectivity index (χ1) is 9.17. The molecule has 0 fully saturated rings. The van der Waals surface area contributed by atoms with Crippen LogP contribution in [-0.2, 0) is 13.0 Å². The topological polar surface area (TPSA) is 25.2 Å². The van der Waals surface area contributed by atoms with Gasteiger partial charge in [0.25, 0.3) is 0 Å². The lowest BCUT2D eigenvalue weighted by Crippen LogP contribution is -2.14. The predicted octanol–water partition coefficient (Wildman–Crippen LogP) is 4.79. The summed E-state index contributed by atoms with van der Waals surface area (Å²) in [4.78, 5) is 0. The molecule has 4 heteroatoms. The standard InChI is InChI=1S/C15H19BrFNO/c1-3-5-10-11-7-12(16)13(17)8-14(11)19-15(10)9-18-6-4-2/h7-8,18H,3-6,9H2,1-2H3. The second-order valence-electron chi connectivity index (χ2n) is 4.69. The Bertz CT molecular complexity index is 565. The first-order valence-electron chi connectivity index (χ1n) is 6.77. The van der Waals surface area contributed by atoms with Gasteiger partial charge in [0.2, 0.25) is 0 Å². The van der Waals surface area contributed by atoms with E-state index in [2.05, 4.69) is 35.1 Å². The van der Waals surface area contributed by atoms with Gasteiger partial charge in [0.1, 0.15) is 17.2 Å². The van der Waals surface area contributed by atoms with E-state index in [1.165, 1.54) is 11.6 Å². The molecule has 0 amide bonds. The Morgan fingerprint density at radius 2 is 2.05 bits per heavy atom. The van der Waals surface area contributed by atoms with Gasteiger partial charge >= 0.3 is 0 Å². The van der Waals surface area contributed by atoms with Crippen LogP contribution in [0, 0.1) is 5.82 Å². The molecule has 0 spiro atoms. The average Bonchev–Trinajstić information content (AvgIpc) is 2.69. The third kappa shape index (κ3) is 3.18. The van der Waals surface area contributed by atoms with Crippen molar-refractivity contribution in [1.29, 1.82) is 0 Å². The van der Waals surface area contributed by atoms with E-state index < -0.39 is 0 Å². The van der Waals surface area contributed by atoms with Crippen molar-refractivity contribution < 1.29 is 8.81 Å². The van der Waals surface area contributed by atoms with Crippen molar-refractivity contribution in [2.24, 2.45) is 0 Å². The van der Waals surface area contributed by atoms with Gasteiger partial charge in [-0.2, -0.15) is 0 Å². The first-order valence-corrected chi connectivity index (χ1v) is 7.56. The van der Waals surface area contributed by atoms with E-state index in [1.807, 2.05) is 6.07 Å². The number of nitrogens with one attached hydrogen (secondary N) is 1. The van der Waals surface area contributed by atoms with E-state index in [-0.39, 0.29) is 5.82 Å². The summed E-state index contributed by atoms with van der Waals surface area (Å²) in [5, 5.41) is 4.36. The van der Waals surface area contributed by atoms with Gasteiger partial charge < -0.3 is 9.73 Å². The highest BCUT2D eigenvalue weighted by Crippen LogP contribution is 2.31. The number of hydrogen-bond acceptors (Lipinski definition) is 2. The fourth-order valence-electron chi connectivity index (χ4n) is 2.24. The molecule has 0 aliphatic carbocycles. The molecule has 1 aromatic heterocycles. The maximum atomic E-state index is 13.6. The van der Waals surface area contributed by atoms with Gasteiger partial charge in [-0.1, -0.05) is 20.3 Å². The Kier molecular flexibility index (Phi) is 4.99. The Balaban J connectivity index is 2.41. The van der Waals surface area contributed by atoms with Crippen LogP contribution in [0.3, 0.4) is 0 Å². The maximum Gasteiger partial charge on any atom is 0.141 e. The van der Waals surface area contributed by atoms with Crippen LogP contribution < -0.4 is 5.32 Å². The lowest BCUT2D eigenvalue weighted by atomic mass is 10.1. The molecule has 19 heavy (non-hydrogen) atoms. The minimum Gasteiger partial charge on any atom is -0.459 e. The maximum absolute atomic E-state index is 13.6. The summed E-state index contributed by atoms with van der Waals surface area (Å²) in [6.45, 7) is 5.93. The van der Waals surface area contributed by atoms with E-state index in [0.29, 0.717) is 16.6 Å². The van der Waals surface area contributed by atoms with Crippen LogP contribution in [0.15, 0.2) is 21.0 Å². The van der Waals surface area contributed by atoms with Gasteiger partial charge in [-0.25, -0.2) is 4.39 Å². The van der Waals surface area contributed by atoms with Gasteiger partial charge in [-0.05, 0) is 41.4 Å². The highest BCUT2D eigenvalue weighted by Gasteiger charge is 2.15. The van der Waals surface area contributed by atoms with Gasteiger partial charge in [-0.3, -0.25) is 0 Å². The van der Waals surface area contributed by atoms with Crippen molar-refractivity contribution in [2.45, 2.75) is 39.7 Å². The third-order valence-corrected chi connectivity index (χ3v) is 3.74. The molecule has 0 saturated carbocycles. The number of aryl methyl sites for hydroxylation is 1. The Labute approximate surface area is 121 Å². The summed E-state index contributed by atoms with van der Waals surface area (Å²) in [7, 11) is 0. The minimum atomic E-state index is -0.280. The van der Waals surface area contributed by atoms with Gasteiger partial charge in [0.05, 0.1) is 11.0 Å². The highest BCUT2D eigenvalue weighted by atomic mass is 79.9. The molecular weight excluding hydrogens is 309 g/mol. The average molecular weight is 328 g/mol. The van der Waals surface area contributed by atoms with Gasteiger partial charge in [-0.15, -0.1) is 0 Å². The van der Waals surface area contributed by atoms with Crippen molar-refractivity contribution in [3.8, 4) is 0 Å². The molecule has 104 valence electrons. The van der Waals surface area contributed by atoms with Crippen LogP contribution in [-0.4, -0.2) is 6.54 Å². The van der Waals surface area contributed by atoms with Crippen molar-refractivity contribution in [3.05, 3.63) is 33.7 Å². The summed E-state index contributed by atoms with van der Waals surface area (Å²) < 4.78 is 19.9. The molecule has 1 aromatic carbocycles. The largest absolute Gasteiger partial charge is 0.459 e. The summed E-state index contributed by atoms with van der Waals surface area (Å²) in [5.74, 6) is 0.653. The van der Waals surface area contributed by atoms with Gasteiger partial charge in [0.15, 0.2) is 0 Å². The third-order valence-electron chi connectivity index (χ3n) is 3.13. The lowest BCUT2D eigenvalue weighted by molar-refractivity contribution is 0.504. The molecule has 2 nitrogen and oxygen atoms in total. The van der Waals surface area contributed by atoms with Crippen LogP contribution in [0.2, 0.25) is 0 Å². The summed E-state index contributed by atoms with van der Waals surface area (Å²) in [6.07, 6.45) is 3.09. The van der Waals surface area contributed by atoms with Crippen LogP contribution in [0.25, 0.3) is 11.0 Å². The van der Waals surface area contributed by atoms with Crippen LogP contribution in [0.1, 0.15) is 38.0 Å². The lowest BCUT2D eigenvalue weighted by Gasteiger charge is -2.03. The van der Waals surface area contributed by atoms with Crippen molar-refractivity contribution in [3.63, 3.8) is 0 Å². The molecule has 0 saturated heterocycles. The SMILES string of the molecule is CCCNCc1oc2cc(F)c(Br)cc2c1CCC. The summed E-state index contributed by atoms with van der Waals surface area (Å²) >= 11 is 3.24. The second-order valence-corrected chi connectivity index (χ2v) is 5.55. The fraction of sp³-hybridized carbons (Fsp3) is 0.467. The highest BCUT2D eigenvalue weighted by molar-refractivity contribution is 9.10. The van der Waals surface area contributed by atoms with E-state index >= 15 is 0 Å². The van der Waals surface area contributed by atoms with E-state index in [9.17, 15) is 4.39 Å². The molecule has 0 atom stereocenters. The number of halogens is 2. The Hall–Kier alpha value is -0.870. The number of hydrogen-bond donors (Lipinski definition) is 1. The number of fused-ring (bicyclic) bond motifs is 1. The Morgan fingerprint density at radius 3 is 2.74 bits per heavy atom. The zero-order valence-corrected chi connectivity index (χ0v) is 12.9. The number of benzene rings is 1. The molecule has 0 bridgehead atoms. The normalized spacial score (nSPS) is 11.4. The van der Waals surface area contributed by atoms with E-state index in [0.717, 1.165) is 37.0 Å². The van der Waals surface area contributed by atoms with Crippen molar-refractivity contribution in [2.75, 3.05) is 6.54 Å². The molecule has 1 N–H and O–H groups in total. The quantitative estimate of drug-likeness (QED) is 0.772. The van der Waals surface area contributed by atoms with Crippen LogP contribution >= 0.6 is 15.9 Å². The fourth-order valence-corrected chi connectivity index (χ4v) is 2.58. The van der Waals surface area contributed by atoms with Crippen molar-refractivity contribution in [1.82, 2.24) is 5.32 Å². The number of furan rings is 1. The Morgan fingerprint density at radius 1 is 1.26 bits per heavy atom. The molecule has 0 unspecified atom stereocenters. The van der Waals surface area contributed by atoms with Crippen molar-refractivity contribution >= 4 is 26.9 Å². The molecular formula is C15H19BrFNO. The number of rotatable bonds is 6. The molecule has 0 aliphatic heterocycles. The van der Waals surface area contributed by atoms with Gasteiger partial charge in [0, 0.05) is 17.0 Å². The minimum absolute atomic E-state index is 0.280. The zero-order chi connectivity index (χ0) is 13.8. The smallest absolute Gasteiger partial charge is 0.141 e.